The van der Waals surface area contributed by atoms with Gasteiger partial charge >= 0.3 is 0 Å². The fraction of sp³-hybridized carbons (Fsp3) is 0.684. The van der Waals surface area contributed by atoms with Gasteiger partial charge < -0.3 is 14.0 Å². The zero-order valence-electron chi connectivity index (χ0n) is 15.7. The van der Waals surface area contributed by atoms with E-state index in [0.717, 1.165) is 61.0 Å². The van der Waals surface area contributed by atoms with E-state index in [0.29, 0.717) is 12.8 Å². The smallest absolute Gasteiger partial charge is 0.223 e. The number of nitrogens with zero attached hydrogens (tertiary/aromatic N) is 5. The van der Waals surface area contributed by atoms with Crippen LogP contribution in [0.5, 0.6) is 0 Å². The summed E-state index contributed by atoms with van der Waals surface area (Å²) in [4.78, 5) is 14.9. The van der Waals surface area contributed by atoms with E-state index in [2.05, 4.69) is 19.9 Å². The average Bonchev–Trinajstić information content (AvgIpc) is 3.29. The van der Waals surface area contributed by atoms with Gasteiger partial charge in [0.1, 0.15) is 11.6 Å². The molecule has 2 aliphatic rings. The topological polar surface area (TPSA) is 77.1 Å². The monoisotopic (exact) mass is 357 g/mol. The normalized spacial score (nSPS) is 20.2. The van der Waals surface area contributed by atoms with Crippen molar-refractivity contribution in [2.24, 2.45) is 0 Å². The molecule has 1 amide bonds. The van der Waals surface area contributed by atoms with Crippen LogP contribution in [0.4, 0.5) is 0 Å². The second-order valence-corrected chi connectivity index (χ2v) is 7.48. The number of carbonyl (C=O) groups is 1. The summed E-state index contributed by atoms with van der Waals surface area (Å²) in [6.07, 6.45) is 7.78. The van der Waals surface area contributed by atoms with Crippen LogP contribution in [0, 0.1) is 13.8 Å². The number of carbonyl (C=O) groups excluding carboxylic acids is 1. The maximum absolute atomic E-state index is 12.9. The Labute approximate surface area is 153 Å². The fourth-order valence-corrected chi connectivity index (χ4v) is 4.32. The zero-order chi connectivity index (χ0) is 18.1. The number of hydrogen-bond donors (Lipinski definition) is 0. The first-order valence-corrected chi connectivity index (χ1v) is 9.78. The van der Waals surface area contributed by atoms with Crippen molar-refractivity contribution in [2.75, 3.05) is 6.54 Å². The Balaban J connectivity index is 1.48. The average molecular weight is 357 g/mol. The van der Waals surface area contributed by atoms with E-state index in [1.165, 1.54) is 19.3 Å². The summed E-state index contributed by atoms with van der Waals surface area (Å²) < 4.78 is 7.49. The molecule has 4 heterocycles. The van der Waals surface area contributed by atoms with Crippen molar-refractivity contribution in [1.29, 1.82) is 0 Å². The lowest BCUT2D eigenvalue weighted by Crippen LogP contribution is -2.32. The third-order valence-electron chi connectivity index (χ3n) is 5.78. The summed E-state index contributed by atoms with van der Waals surface area (Å²) in [5.41, 5.74) is 1.95. The van der Waals surface area contributed by atoms with Gasteiger partial charge in [0.2, 0.25) is 5.91 Å². The molecule has 4 rings (SSSR count). The molecule has 0 unspecified atom stereocenters. The van der Waals surface area contributed by atoms with E-state index in [9.17, 15) is 4.79 Å². The molecule has 2 aromatic rings. The SMILES string of the molecule is Cc1noc(C)c1CCC(=O)N1CCC[C@H]1c1nnc2n1CCCCC2. The minimum Gasteiger partial charge on any atom is -0.361 e. The van der Waals surface area contributed by atoms with Crippen LogP contribution in [0.3, 0.4) is 0 Å². The molecule has 0 aromatic carbocycles. The Morgan fingerprint density at radius 3 is 2.85 bits per heavy atom. The number of aromatic nitrogens is 4. The van der Waals surface area contributed by atoms with Crippen LogP contribution in [0.2, 0.25) is 0 Å². The molecule has 2 aliphatic heterocycles. The minimum absolute atomic E-state index is 0.0755. The molecule has 7 nitrogen and oxygen atoms in total. The number of likely N-dealkylation sites (tertiary alicyclic amines) is 1. The molecular weight excluding hydrogens is 330 g/mol. The second-order valence-electron chi connectivity index (χ2n) is 7.48. The molecule has 2 aromatic heterocycles. The predicted octanol–water partition coefficient (Wildman–Crippen LogP) is 2.91. The fourth-order valence-electron chi connectivity index (χ4n) is 4.32. The molecule has 140 valence electrons. The van der Waals surface area contributed by atoms with Gasteiger partial charge in [0, 0.05) is 31.5 Å². The third-order valence-corrected chi connectivity index (χ3v) is 5.78. The molecular formula is C19H27N5O2. The van der Waals surface area contributed by atoms with Crippen LogP contribution in [0.1, 0.15) is 73.2 Å². The van der Waals surface area contributed by atoms with Gasteiger partial charge in [-0.1, -0.05) is 11.6 Å². The lowest BCUT2D eigenvalue weighted by molar-refractivity contribution is -0.132. The van der Waals surface area contributed by atoms with Crippen molar-refractivity contribution >= 4 is 5.91 Å². The zero-order valence-corrected chi connectivity index (χ0v) is 15.7. The maximum Gasteiger partial charge on any atom is 0.223 e. The number of fused-ring (bicyclic) bond motifs is 1. The first kappa shape index (κ1) is 17.2. The van der Waals surface area contributed by atoms with E-state index >= 15 is 0 Å². The predicted molar refractivity (Wildman–Crippen MR) is 95.6 cm³/mol. The molecule has 7 heteroatoms. The third kappa shape index (κ3) is 3.15. The lowest BCUT2D eigenvalue weighted by atomic mass is 10.1. The molecule has 0 saturated carbocycles. The lowest BCUT2D eigenvalue weighted by Gasteiger charge is -2.24. The minimum atomic E-state index is 0.0755. The van der Waals surface area contributed by atoms with Crippen molar-refractivity contribution in [3.8, 4) is 0 Å². The van der Waals surface area contributed by atoms with E-state index < -0.39 is 0 Å². The Kier molecular flexibility index (Phi) is 4.78. The Morgan fingerprint density at radius 1 is 1.15 bits per heavy atom. The number of aryl methyl sites for hydroxylation is 3. The highest BCUT2D eigenvalue weighted by Crippen LogP contribution is 2.33. The molecule has 0 aliphatic carbocycles. The molecule has 0 radical (unpaired) electrons. The van der Waals surface area contributed by atoms with Crippen LogP contribution in [0.15, 0.2) is 4.52 Å². The van der Waals surface area contributed by atoms with Crippen molar-refractivity contribution in [3.63, 3.8) is 0 Å². The number of amides is 1. The van der Waals surface area contributed by atoms with Crippen molar-refractivity contribution in [1.82, 2.24) is 24.8 Å². The first-order valence-electron chi connectivity index (χ1n) is 9.78. The maximum atomic E-state index is 12.9. The molecule has 0 spiro atoms. The summed E-state index contributed by atoms with van der Waals surface area (Å²) in [5.74, 6) is 3.09. The molecule has 1 atom stereocenters. The van der Waals surface area contributed by atoms with Crippen LogP contribution in [0.25, 0.3) is 0 Å². The van der Waals surface area contributed by atoms with Crippen LogP contribution >= 0.6 is 0 Å². The van der Waals surface area contributed by atoms with Gasteiger partial charge in [0.25, 0.3) is 0 Å². The standard InChI is InChI=1S/C19H27N5O2/c1-13-15(14(2)26-22-13)9-10-18(25)23-12-6-7-16(23)19-21-20-17-8-4-3-5-11-24(17)19/h16H,3-12H2,1-2H3/t16-/m0/s1. The van der Waals surface area contributed by atoms with Gasteiger partial charge in [-0.05, 0) is 46.0 Å². The summed E-state index contributed by atoms with van der Waals surface area (Å²) in [6.45, 7) is 5.63. The van der Waals surface area contributed by atoms with Gasteiger partial charge in [-0.25, -0.2) is 0 Å². The largest absolute Gasteiger partial charge is 0.361 e. The molecule has 26 heavy (non-hydrogen) atoms. The highest BCUT2D eigenvalue weighted by Gasteiger charge is 2.34. The van der Waals surface area contributed by atoms with Crippen molar-refractivity contribution in [2.45, 2.75) is 77.8 Å². The van der Waals surface area contributed by atoms with Crippen LogP contribution in [-0.4, -0.2) is 37.3 Å². The molecule has 0 N–H and O–H groups in total. The Hall–Kier alpha value is -2.18. The van der Waals surface area contributed by atoms with Gasteiger partial charge in [-0.3, -0.25) is 4.79 Å². The second kappa shape index (κ2) is 7.21. The molecule has 1 fully saturated rings. The van der Waals surface area contributed by atoms with E-state index in [4.69, 9.17) is 4.52 Å². The highest BCUT2D eigenvalue weighted by atomic mass is 16.5. The summed E-state index contributed by atoms with van der Waals surface area (Å²) in [5, 5.41) is 12.9. The number of rotatable bonds is 4. The summed E-state index contributed by atoms with van der Waals surface area (Å²) >= 11 is 0. The Morgan fingerprint density at radius 2 is 2.04 bits per heavy atom. The number of hydrogen-bond acceptors (Lipinski definition) is 5. The molecule has 1 saturated heterocycles. The van der Waals surface area contributed by atoms with E-state index in [1.807, 2.05) is 18.7 Å². The quantitative estimate of drug-likeness (QED) is 0.841. The van der Waals surface area contributed by atoms with Gasteiger partial charge in [-0.2, -0.15) is 0 Å². The van der Waals surface area contributed by atoms with E-state index in [1.54, 1.807) is 0 Å². The summed E-state index contributed by atoms with van der Waals surface area (Å²) in [6, 6.07) is 0.0755. The first-order chi connectivity index (χ1) is 12.6. The van der Waals surface area contributed by atoms with Gasteiger partial charge in [-0.15, -0.1) is 10.2 Å². The van der Waals surface area contributed by atoms with Crippen molar-refractivity contribution < 1.29 is 9.32 Å². The van der Waals surface area contributed by atoms with Crippen molar-refractivity contribution in [3.05, 3.63) is 28.7 Å². The van der Waals surface area contributed by atoms with Gasteiger partial charge in [0.15, 0.2) is 5.82 Å². The van der Waals surface area contributed by atoms with E-state index in [-0.39, 0.29) is 11.9 Å². The Bertz CT molecular complexity index is 774. The van der Waals surface area contributed by atoms with Crippen LogP contribution in [-0.2, 0) is 24.2 Å². The van der Waals surface area contributed by atoms with Gasteiger partial charge in [0.05, 0.1) is 11.7 Å². The highest BCUT2D eigenvalue weighted by molar-refractivity contribution is 5.77. The molecule has 0 bridgehead atoms. The van der Waals surface area contributed by atoms with Crippen LogP contribution < -0.4 is 0 Å². The summed E-state index contributed by atoms with van der Waals surface area (Å²) in [7, 11) is 0.